The van der Waals surface area contributed by atoms with Crippen LogP contribution in [0.15, 0.2) is 42.5 Å². The molecule has 0 aliphatic carbocycles. The number of piperidine rings is 1. The van der Waals surface area contributed by atoms with E-state index in [0.29, 0.717) is 17.9 Å². The molecule has 146 valence electrons. The molecule has 1 heterocycles. The van der Waals surface area contributed by atoms with Gasteiger partial charge < -0.3 is 14.6 Å². The fraction of sp³-hybridized carbons (Fsp3) is 0.455. The summed E-state index contributed by atoms with van der Waals surface area (Å²) in [7, 11) is 3.19. The van der Waals surface area contributed by atoms with Gasteiger partial charge in [-0.1, -0.05) is 18.2 Å². The highest BCUT2D eigenvalue weighted by Gasteiger charge is 2.35. The predicted molar refractivity (Wildman–Crippen MR) is 104 cm³/mol. The molecular weight excluding hydrogens is 345 g/mol. The van der Waals surface area contributed by atoms with E-state index in [4.69, 9.17) is 9.47 Å². The summed E-state index contributed by atoms with van der Waals surface area (Å²) in [6.45, 7) is 2.30. The smallest absolute Gasteiger partial charge is 0.131 e. The number of nitrogens with zero attached hydrogens (tertiary/aromatic N) is 1. The van der Waals surface area contributed by atoms with Gasteiger partial charge in [0.2, 0.25) is 0 Å². The van der Waals surface area contributed by atoms with E-state index in [1.807, 2.05) is 18.2 Å². The van der Waals surface area contributed by atoms with Crippen LogP contribution in [0.2, 0.25) is 0 Å². The zero-order valence-corrected chi connectivity index (χ0v) is 16.1. The Kier molecular flexibility index (Phi) is 6.34. The Balaban J connectivity index is 1.72. The van der Waals surface area contributed by atoms with Crippen LogP contribution in [0.5, 0.6) is 11.5 Å². The van der Waals surface area contributed by atoms with E-state index in [-0.39, 0.29) is 17.8 Å². The number of benzene rings is 2. The maximum absolute atomic E-state index is 14.3. The quantitative estimate of drug-likeness (QED) is 0.804. The van der Waals surface area contributed by atoms with Crippen LogP contribution >= 0.6 is 0 Å². The lowest BCUT2D eigenvalue weighted by molar-refractivity contribution is 0.0284. The number of methoxy groups -OCH3 is 2. The van der Waals surface area contributed by atoms with Crippen molar-refractivity contribution in [2.45, 2.75) is 25.8 Å². The van der Waals surface area contributed by atoms with Crippen molar-refractivity contribution in [3.05, 3.63) is 59.4 Å². The van der Waals surface area contributed by atoms with Crippen LogP contribution in [-0.2, 0) is 13.0 Å². The van der Waals surface area contributed by atoms with E-state index < -0.39 is 0 Å². The summed E-state index contributed by atoms with van der Waals surface area (Å²) < 4.78 is 24.7. The van der Waals surface area contributed by atoms with Crippen LogP contribution in [-0.4, -0.2) is 43.9 Å². The largest absolute Gasteiger partial charge is 0.497 e. The van der Waals surface area contributed by atoms with Crippen LogP contribution in [0, 0.1) is 11.2 Å². The molecule has 2 aromatic rings. The Morgan fingerprint density at radius 1 is 1.11 bits per heavy atom. The van der Waals surface area contributed by atoms with E-state index in [0.717, 1.165) is 43.7 Å². The average molecular weight is 373 g/mol. The molecule has 0 bridgehead atoms. The molecule has 1 atom stereocenters. The predicted octanol–water partition coefficient (Wildman–Crippen LogP) is 3.66. The van der Waals surface area contributed by atoms with E-state index >= 15 is 0 Å². The summed E-state index contributed by atoms with van der Waals surface area (Å²) in [5.41, 5.74) is 1.60. The van der Waals surface area contributed by atoms with Crippen molar-refractivity contribution < 1.29 is 19.0 Å². The average Bonchev–Trinajstić information content (AvgIpc) is 2.70. The topological polar surface area (TPSA) is 41.9 Å². The zero-order valence-electron chi connectivity index (χ0n) is 16.1. The normalized spacial score (nSPS) is 20.4. The molecule has 1 aliphatic rings. The van der Waals surface area contributed by atoms with Gasteiger partial charge in [0.05, 0.1) is 20.8 Å². The highest BCUT2D eigenvalue weighted by molar-refractivity contribution is 5.30. The first kappa shape index (κ1) is 19.6. The third kappa shape index (κ3) is 4.79. The van der Waals surface area contributed by atoms with Crippen molar-refractivity contribution in [1.29, 1.82) is 0 Å². The molecule has 0 saturated carbocycles. The van der Waals surface area contributed by atoms with Gasteiger partial charge in [-0.25, -0.2) is 4.39 Å². The maximum atomic E-state index is 14.3. The first-order valence-corrected chi connectivity index (χ1v) is 9.36. The second-order valence-corrected chi connectivity index (χ2v) is 7.46. The monoisotopic (exact) mass is 373 g/mol. The Hall–Kier alpha value is -2.11. The van der Waals surface area contributed by atoms with Crippen molar-refractivity contribution in [2.24, 2.45) is 5.41 Å². The van der Waals surface area contributed by atoms with Crippen molar-refractivity contribution >= 4 is 0 Å². The lowest BCUT2D eigenvalue weighted by Gasteiger charge is -2.42. The van der Waals surface area contributed by atoms with Gasteiger partial charge in [0.25, 0.3) is 0 Å². The molecule has 0 spiro atoms. The summed E-state index contributed by atoms with van der Waals surface area (Å²) in [5.74, 6) is 1.11. The zero-order chi connectivity index (χ0) is 19.3. The second-order valence-electron chi connectivity index (χ2n) is 7.46. The molecule has 5 heteroatoms. The molecule has 0 radical (unpaired) electrons. The van der Waals surface area contributed by atoms with E-state index in [1.165, 1.54) is 13.2 Å². The van der Waals surface area contributed by atoms with Gasteiger partial charge in [0.1, 0.15) is 17.3 Å². The minimum absolute atomic E-state index is 0.117. The van der Waals surface area contributed by atoms with Crippen LogP contribution < -0.4 is 9.47 Å². The molecule has 2 aromatic carbocycles. The first-order valence-electron chi connectivity index (χ1n) is 9.36. The molecule has 1 saturated heterocycles. The van der Waals surface area contributed by atoms with E-state index in [9.17, 15) is 9.50 Å². The number of halogens is 1. The maximum Gasteiger partial charge on any atom is 0.131 e. The minimum atomic E-state index is -0.248. The minimum Gasteiger partial charge on any atom is -0.497 e. The van der Waals surface area contributed by atoms with Crippen molar-refractivity contribution in [3.8, 4) is 11.5 Å². The van der Waals surface area contributed by atoms with Crippen molar-refractivity contribution in [2.75, 3.05) is 33.9 Å². The van der Waals surface area contributed by atoms with E-state index in [2.05, 4.69) is 11.0 Å². The third-order valence-electron chi connectivity index (χ3n) is 5.44. The Morgan fingerprint density at radius 2 is 1.89 bits per heavy atom. The van der Waals surface area contributed by atoms with Crippen molar-refractivity contribution in [3.63, 3.8) is 0 Å². The van der Waals surface area contributed by atoms with Gasteiger partial charge in [0, 0.05) is 30.1 Å². The number of ether oxygens (including phenoxy) is 2. The Bertz CT molecular complexity index is 767. The number of aliphatic hydroxyl groups is 1. The standard InChI is InChI=1S/C22H28FNO3/c1-26-19-6-3-5-17(11-19)13-22(16-25)9-4-10-24(15-22)14-18-7-8-20(27-2)12-21(18)23/h3,5-8,11-12,25H,4,9-10,13-16H2,1-2H3. The summed E-state index contributed by atoms with van der Waals surface area (Å²) in [6.07, 6.45) is 2.73. The van der Waals surface area contributed by atoms with E-state index in [1.54, 1.807) is 19.2 Å². The van der Waals surface area contributed by atoms with Gasteiger partial charge in [-0.2, -0.15) is 0 Å². The summed E-state index contributed by atoms with van der Waals surface area (Å²) >= 11 is 0. The molecule has 3 rings (SSSR count). The number of rotatable bonds is 7. The number of hydrogen-bond acceptors (Lipinski definition) is 4. The number of aliphatic hydroxyl groups excluding tert-OH is 1. The van der Waals surface area contributed by atoms with Crippen LogP contribution in [0.1, 0.15) is 24.0 Å². The molecular formula is C22H28FNO3. The molecule has 1 aliphatic heterocycles. The van der Waals surface area contributed by atoms with Gasteiger partial charge in [-0.3, -0.25) is 4.90 Å². The highest BCUT2D eigenvalue weighted by atomic mass is 19.1. The number of likely N-dealkylation sites (tertiary alicyclic amines) is 1. The third-order valence-corrected chi connectivity index (χ3v) is 5.44. The molecule has 0 aromatic heterocycles. The van der Waals surface area contributed by atoms with Crippen LogP contribution in [0.3, 0.4) is 0 Å². The second kappa shape index (κ2) is 8.72. The fourth-order valence-corrected chi connectivity index (χ4v) is 4.01. The van der Waals surface area contributed by atoms with Gasteiger partial charge >= 0.3 is 0 Å². The number of hydrogen-bond donors (Lipinski definition) is 1. The molecule has 1 fully saturated rings. The van der Waals surface area contributed by atoms with Crippen LogP contribution in [0.4, 0.5) is 4.39 Å². The summed E-state index contributed by atoms with van der Waals surface area (Å²) in [6, 6.07) is 13.0. The van der Waals surface area contributed by atoms with Crippen LogP contribution in [0.25, 0.3) is 0 Å². The molecule has 1 unspecified atom stereocenters. The lowest BCUT2D eigenvalue weighted by Crippen LogP contribution is -2.46. The fourth-order valence-electron chi connectivity index (χ4n) is 4.01. The molecule has 0 amide bonds. The molecule has 1 N–H and O–H groups in total. The molecule has 4 nitrogen and oxygen atoms in total. The van der Waals surface area contributed by atoms with Gasteiger partial charge in [0.15, 0.2) is 0 Å². The Morgan fingerprint density at radius 3 is 2.59 bits per heavy atom. The Labute approximate surface area is 160 Å². The lowest BCUT2D eigenvalue weighted by atomic mass is 9.75. The highest BCUT2D eigenvalue weighted by Crippen LogP contribution is 2.35. The van der Waals surface area contributed by atoms with Crippen molar-refractivity contribution in [1.82, 2.24) is 4.90 Å². The van der Waals surface area contributed by atoms with Gasteiger partial charge in [-0.05, 0) is 49.6 Å². The van der Waals surface area contributed by atoms with Gasteiger partial charge in [-0.15, -0.1) is 0 Å². The first-order chi connectivity index (χ1) is 13.1. The SMILES string of the molecule is COc1cccc(CC2(CO)CCCN(Cc3ccc(OC)cc3F)C2)c1. The molecule has 27 heavy (non-hydrogen) atoms. The summed E-state index contributed by atoms with van der Waals surface area (Å²) in [5, 5.41) is 10.2. The summed E-state index contributed by atoms with van der Waals surface area (Å²) in [4.78, 5) is 2.24.